The first-order chi connectivity index (χ1) is 27.7. The first-order valence-electron chi connectivity index (χ1n) is 20.9. The third-order valence-electron chi connectivity index (χ3n) is 15.5. The molecule has 6 unspecified atom stereocenters. The Hall–Kier alpha value is -5.44. The van der Waals surface area contributed by atoms with Gasteiger partial charge in [-0.2, -0.15) is 0 Å². The summed E-state index contributed by atoms with van der Waals surface area (Å²) in [6.45, 7) is 0. The molecule has 56 heavy (non-hydrogen) atoms. The highest BCUT2D eigenvalue weighted by Crippen LogP contribution is 2.81. The second-order valence-electron chi connectivity index (χ2n) is 17.7. The van der Waals surface area contributed by atoms with Gasteiger partial charge in [0.05, 0.1) is 0 Å². The van der Waals surface area contributed by atoms with Crippen LogP contribution in [0.2, 0.25) is 0 Å². The molecule has 1 aromatic heterocycles. The summed E-state index contributed by atoms with van der Waals surface area (Å²) in [4.78, 5) is 2.45. The Morgan fingerprint density at radius 2 is 1.21 bits per heavy atom. The monoisotopic (exact) mass is 737 g/mol. The number of anilines is 3. The van der Waals surface area contributed by atoms with Gasteiger partial charge in [0, 0.05) is 42.6 Å². The Morgan fingerprint density at radius 1 is 0.500 bits per heavy atom. The summed E-state index contributed by atoms with van der Waals surface area (Å²) in [5, 5.41) is 2.66. The Morgan fingerprint density at radius 3 is 2.14 bits per heavy atom. The Bertz CT molecular complexity index is 2870. The van der Waals surface area contributed by atoms with Crippen LogP contribution in [0.4, 0.5) is 17.1 Å². The molecule has 4 saturated carbocycles. The minimum Gasteiger partial charge on any atom is -0.310 e. The van der Waals surface area contributed by atoms with Crippen molar-refractivity contribution in [2.24, 2.45) is 29.1 Å². The van der Waals surface area contributed by atoms with E-state index in [1.165, 1.54) is 103 Å². The summed E-state index contributed by atoms with van der Waals surface area (Å²) in [5.74, 6) is 3.63. The molecular weight excluding hydrogens is 695 g/mol. The molecule has 13 rings (SSSR count). The van der Waals surface area contributed by atoms with Crippen molar-refractivity contribution in [1.82, 2.24) is 0 Å². The van der Waals surface area contributed by atoms with E-state index in [1.807, 2.05) is 11.3 Å². The number of thiophene rings is 1. The molecule has 4 bridgehead atoms. The van der Waals surface area contributed by atoms with E-state index in [9.17, 15) is 0 Å². The van der Waals surface area contributed by atoms with Gasteiger partial charge in [0.15, 0.2) is 0 Å². The van der Waals surface area contributed by atoms with E-state index in [-0.39, 0.29) is 5.41 Å². The maximum Gasteiger partial charge on any atom is 0.0476 e. The van der Waals surface area contributed by atoms with Crippen molar-refractivity contribution in [2.75, 3.05) is 4.90 Å². The molecule has 7 aromatic carbocycles. The molecule has 5 aliphatic rings. The highest BCUT2D eigenvalue weighted by atomic mass is 32.1. The van der Waals surface area contributed by atoms with Crippen LogP contribution in [0.15, 0.2) is 164 Å². The molecule has 0 N–H and O–H groups in total. The number of rotatable bonds is 5. The van der Waals surface area contributed by atoms with Crippen molar-refractivity contribution >= 4 is 48.6 Å². The number of hydrogen-bond donors (Lipinski definition) is 0. The molecule has 6 atom stereocenters. The number of nitrogens with zero attached hydrogens (tertiary/aromatic N) is 1. The van der Waals surface area contributed by atoms with Crippen molar-refractivity contribution in [2.45, 2.75) is 43.9 Å². The Kier molecular flexibility index (Phi) is 6.55. The molecule has 1 heterocycles. The maximum absolute atomic E-state index is 2.60. The van der Waals surface area contributed by atoms with Crippen LogP contribution in [-0.4, -0.2) is 0 Å². The molecule has 4 fully saturated rings. The molecule has 0 saturated heterocycles. The first kappa shape index (κ1) is 31.7. The molecule has 8 aromatic rings. The van der Waals surface area contributed by atoms with E-state index in [0.717, 1.165) is 29.4 Å². The summed E-state index contributed by atoms with van der Waals surface area (Å²) < 4.78 is 2.65. The lowest BCUT2D eigenvalue weighted by atomic mass is 9.42. The molecule has 270 valence electrons. The third kappa shape index (κ3) is 4.16. The van der Waals surface area contributed by atoms with E-state index in [1.54, 1.807) is 11.1 Å². The fourth-order valence-corrected chi connectivity index (χ4v) is 14.7. The van der Waals surface area contributed by atoms with E-state index in [4.69, 9.17) is 0 Å². The van der Waals surface area contributed by atoms with Crippen LogP contribution >= 0.6 is 11.3 Å². The van der Waals surface area contributed by atoms with E-state index < -0.39 is 0 Å². The van der Waals surface area contributed by atoms with Gasteiger partial charge in [0.1, 0.15) is 0 Å². The zero-order valence-electron chi connectivity index (χ0n) is 31.5. The van der Waals surface area contributed by atoms with Crippen molar-refractivity contribution in [1.29, 1.82) is 0 Å². The van der Waals surface area contributed by atoms with E-state index in [2.05, 4.69) is 169 Å². The molecule has 2 spiro atoms. The lowest BCUT2D eigenvalue weighted by Crippen LogP contribution is -2.57. The minimum atomic E-state index is 0.198. The Balaban J connectivity index is 0.944. The standard InChI is InChI=1S/C54H43NS/c1-2-9-35(10-3-1)36-17-20-41(21-18-36)55(43-22-23-46-45-14-5-7-16-51(45)56-52(46)32-43)42-12-8-11-37(30-42)38-19-24-49-47(31-38)44-13-4-6-15-48(44)54(49)40-25-26-53(54)33-39-27-34(28-40)29-50(39)53/h1-24,30-32,34,39-40,50H,25-29,33H2. The molecule has 1 nitrogen and oxygen atoms in total. The van der Waals surface area contributed by atoms with Crippen LogP contribution in [0.1, 0.15) is 49.7 Å². The molecule has 5 aliphatic carbocycles. The van der Waals surface area contributed by atoms with Crippen molar-refractivity contribution in [3.63, 3.8) is 0 Å². The fraction of sp³-hybridized carbons (Fsp3) is 0.222. The molecular formula is C54H43NS. The maximum atomic E-state index is 2.60. The van der Waals surface area contributed by atoms with E-state index >= 15 is 0 Å². The summed E-state index contributed by atoms with van der Waals surface area (Å²) >= 11 is 1.88. The van der Waals surface area contributed by atoms with Crippen molar-refractivity contribution < 1.29 is 0 Å². The normalized spacial score (nSPS) is 26.3. The predicted octanol–water partition coefficient (Wildman–Crippen LogP) is 15.0. The van der Waals surface area contributed by atoms with Crippen LogP contribution in [-0.2, 0) is 5.41 Å². The van der Waals surface area contributed by atoms with Crippen LogP contribution in [0.25, 0.3) is 53.6 Å². The second kappa shape index (κ2) is 11.6. The van der Waals surface area contributed by atoms with Crippen LogP contribution < -0.4 is 4.90 Å². The zero-order chi connectivity index (χ0) is 36.6. The van der Waals surface area contributed by atoms with Crippen molar-refractivity contribution in [3.8, 4) is 33.4 Å². The largest absolute Gasteiger partial charge is 0.310 e. The topological polar surface area (TPSA) is 3.24 Å². The number of benzene rings is 7. The SMILES string of the molecule is c1ccc(-c2ccc(N(c3cccc(-c4ccc5c(c4)-c4ccccc4C54C5CCC46CC4CC(CC46)C5)c3)c3ccc4c(c3)sc3ccccc34)cc2)cc1. The van der Waals surface area contributed by atoms with E-state index in [0.29, 0.717) is 5.41 Å². The van der Waals surface area contributed by atoms with Gasteiger partial charge in [-0.25, -0.2) is 0 Å². The number of hydrogen-bond acceptors (Lipinski definition) is 2. The van der Waals surface area contributed by atoms with Crippen LogP contribution in [0.3, 0.4) is 0 Å². The van der Waals surface area contributed by atoms with Crippen LogP contribution in [0, 0.1) is 29.1 Å². The molecule has 2 heteroatoms. The van der Waals surface area contributed by atoms with Crippen molar-refractivity contribution in [3.05, 3.63) is 175 Å². The fourth-order valence-electron chi connectivity index (χ4n) is 13.5. The van der Waals surface area contributed by atoms with Gasteiger partial charge in [0.2, 0.25) is 0 Å². The van der Waals surface area contributed by atoms with Gasteiger partial charge in [0.25, 0.3) is 0 Å². The van der Waals surface area contributed by atoms with Gasteiger partial charge in [-0.05, 0) is 161 Å². The van der Waals surface area contributed by atoms with Gasteiger partial charge in [-0.1, -0.05) is 115 Å². The first-order valence-corrected chi connectivity index (χ1v) is 21.7. The highest BCUT2D eigenvalue weighted by molar-refractivity contribution is 7.25. The summed E-state index contributed by atoms with van der Waals surface area (Å²) in [6, 6.07) is 62.1. The molecule has 0 amide bonds. The summed E-state index contributed by atoms with van der Waals surface area (Å²) in [5.41, 5.74) is 15.5. The quantitative estimate of drug-likeness (QED) is 0.170. The van der Waals surface area contributed by atoms with Crippen LogP contribution in [0.5, 0.6) is 0 Å². The Labute approximate surface area is 333 Å². The predicted molar refractivity (Wildman–Crippen MR) is 235 cm³/mol. The lowest BCUT2D eigenvalue weighted by Gasteiger charge is -2.61. The van der Waals surface area contributed by atoms with Gasteiger partial charge >= 0.3 is 0 Å². The average Bonchev–Trinajstić information content (AvgIpc) is 3.98. The average molecular weight is 738 g/mol. The summed E-state index contributed by atoms with van der Waals surface area (Å²) in [6.07, 6.45) is 8.73. The lowest BCUT2D eigenvalue weighted by molar-refractivity contribution is -0.0660. The highest BCUT2D eigenvalue weighted by Gasteiger charge is 2.75. The zero-order valence-corrected chi connectivity index (χ0v) is 32.3. The van der Waals surface area contributed by atoms with Gasteiger partial charge in [-0.3, -0.25) is 0 Å². The molecule has 0 aliphatic heterocycles. The minimum absolute atomic E-state index is 0.198. The third-order valence-corrected chi connectivity index (χ3v) is 16.6. The molecule has 0 radical (unpaired) electrons. The smallest absolute Gasteiger partial charge is 0.0476 e. The van der Waals surface area contributed by atoms with Gasteiger partial charge < -0.3 is 4.90 Å². The summed E-state index contributed by atoms with van der Waals surface area (Å²) in [7, 11) is 0. The number of fused-ring (bicyclic) bond motifs is 7. The van der Waals surface area contributed by atoms with Gasteiger partial charge in [-0.15, -0.1) is 11.3 Å². The second-order valence-corrected chi connectivity index (χ2v) is 18.8.